The number of aliphatic hydroxyl groups excluding tert-OH is 15. The Balaban J connectivity index is 0.888. The molecule has 5 saturated carbocycles. The first-order valence-corrected chi connectivity index (χ1v) is 28.3. The molecule has 32 atom stereocenters. The van der Waals surface area contributed by atoms with E-state index in [1.54, 1.807) is 0 Å². The van der Waals surface area contributed by atoms with Gasteiger partial charge in [0, 0.05) is 5.41 Å². The summed E-state index contributed by atoms with van der Waals surface area (Å²) in [5.41, 5.74) is -1.95. The van der Waals surface area contributed by atoms with E-state index in [9.17, 15) is 76.6 Å². The van der Waals surface area contributed by atoms with Gasteiger partial charge in [0.15, 0.2) is 25.2 Å². The van der Waals surface area contributed by atoms with E-state index in [0.29, 0.717) is 32.1 Å². The van der Waals surface area contributed by atoms with Crippen molar-refractivity contribution in [2.75, 3.05) is 19.8 Å². The highest BCUT2D eigenvalue weighted by molar-refractivity contribution is 5.32. The van der Waals surface area contributed by atoms with E-state index in [4.69, 9.17) is 37.9 Å². The number of hydrogen-bond acceptors (Lipinski definition) is 23. The van der Waals surface area contributed by atoms with E-state index in [-0.39, 0.29) is 40.4 Å². The van der Waals surface area contributed by atoms with Crippen LogP contribution in [0.3, 0.4) is 0 Å². The molecule has 4 heterocycles. The van der Waals surface area contributed by atoms with Crippen molar-refractivity contribution in [1.82, 2.24) is 0 Å². The average Bonchev–Trinajstić information content (AvgIpc) is 3.60. The minimum Gasteiger partial charge on any atom is -0.394 e. The van der Waals surface area contributed by atoms with Crippen LogP contribution in [0.1, 0.15) is 113 Å². The van der Waals surface area contributed by atoms with E-state index < -0.39 is 183 Å². The maximum absolute atomic E-state index is 12.8. The lowest BCUT2D eigenvalue weighted by Crippen LogP contribution is -2.66. The Kier molecular flexibility index (Phi) is 17.5. The minimum absolute atomic E-state index is 0.0335. The van der Waals surface area contributed by atoms with Gasteiger partial charge >= 0.3 is 0 Å². The van der Waals surface area contributed by atoms with Gasteiger partial charge in [-0.2, -0.15) is 0 Å². The van der Waals surface area contributed by atoms with Gasteiger partial charge in [0.1, 0.15) is 91.6 Å². The third kappa shape index (κ3) is 9.72. The highest BCUT2D eigenvalue weighted by Crippen LogP contribution is 2.89. The van der Waals surface area contributed by atoms with Gasteiger partial charge in [-0.05, 0) is 116 Å². The standard InChI is InChI=1S/C54H92O23/c1-21(2)25(71-46-41(67)38(64)35(61)26(17-55)72-46)10-9-22(3)33-24(58)15-51(7)30-12-11-29-50(5,6)32(13-14-53(29)20-54(30,53)16-31(59)52(33,51)8)75-49-45(40(66)37(63)28(19-57)74-49)77-48-43(69)44(34(60)23(4)70-48)76-47-42(68)39(65)36(62)27(18-56)73-47/h21-49,55-69H,9-20H2,1-8H3/t22-,23+,24+,25+,26-,27-,28-,29+,30+,31+,32+,33+,34+,35-,36-,37-,38+,39+,40+,41-,42-,43-,44-,45-,46-,47+,48+,49+,51+,52-,53-,54+/m1/s1. The molecule has 9 aliphatic rings. The van der Waals surface area contributed by atoms with Gasteiger partial charge in [-0.25, -0.2) is 0 Å². The van der Waals surface area contributed by atoms with Gasteiger partial charge in [0.25, 0.3) is 0 Å². The van der Waals surface area contributed by atoms with Crippen LogP contribution in [0.25, 0.3) is 0 Å². The van der Waals surface area contributed by atoms with E-state index in [0.717, 1.165) is 25.7 Å². The lowest BCUT2D eigenvalue weighted by atomic mass is 9.41. The largest absolute Gasteiger partial charge is 0.394 e. The fraction of sp³-hybridized carbons (Fsp3) is 1.00. The summed E-state index contributed by atoms with van der Waals surface area (Å²) < 4.78 is 48.4. The third-order valence-electron chi connectivity index (χ3n) is 21.9. The monoisotopic (exact) mass is 1110 g/mol. The SMILES string of the molecule is CC(C)[C@H](CC[C@@H](C)[C@H]1[C@@H](O)C[C@@]2(C)[C@@H]3CC[C@H]4C(C)(C)[C@@H](O[C@@H]5O[C@H](CO)[C@@H](O)[C@H](O)[C@H]5O[C@@H]5O[C@@H](C)[C@H](O)[C@@H](O[C@@H]6O[C@H](CO)[C@@H](O)[C@H](O)[C@H]6O)[C@H]5O)CC[C@@]45C[C@@]35C[C@H](O)[C@]12C)O[C@@H]1O[C@H](CO)[C@@H](O)[C@H](O)[C@H]1O. The van der Waals surface area contributed by atoms with Crippen LogP contribution in [0.15, 0.2) is 0 Å². The summed E-state index contributed by atoms with van der Waals surface area (Å²) in [7, 11) is 0. The van der Waals surface area contributed by atoms with Crippen molar-refractivity contribution in [1.29, 1.82) is 0 Å². The Labute approximate surface area is 450 Å². The average molecular weight is 1110 g/mol. The molecule has 0 amide bonds. The predicted octanol–water partition coefficient (Wildman–Crippen LogP) is -2.51. The Bertz CT molecular complexity index is 2000. The Morgan fingerprint density at radius 1 is 0.519 bits per heavy atom. The van der Waals surface area contributed by atoms with Crippen molar-refractivity contribution in [3.8, 4) is 0 Å². The smallest absolute Gasteiger partial charge is 0.187 e. The van der Waals surface area contributed by atoms with Crippen LogP contribution in [0, 0.1) is 56.7 Å². The molecule has 2 spiro atoms. The van der Waals surface area contributed by atoms with Crippen molar-refractivity contribution >= 4 is 0 Å². The molecule has 77 heavy (non-hydrogen) atoms. The van der Waals surface area contributed by atoms with Crippen LogP contribution in [-0.4, -0.2) is 244 Å². The molecule has 446 valence electrons. The number of rotatable bonds is 16. The van der Waals surface area contributed by atoms with Crippen LogP contribution in [0.2, 0.25) is 0 Å². The summed E-state index contributed by atoms with van der Waals surface area (Å²) >= 11 is 0. The minimum atomic E-state index is -1.86. The number of hydrogen-bond donors (Lipinski definition) is 15. The first kappa shape index (κ1) is 60.7. The van der Waals surface area contributed by atoms with Crippen LogP contribution in [0.5, 0.6) is 0 Å². The molecule has 0 unspecified atom stereocenters. The summed E-state index contributed by atoms with van der Waals surface area (Å²) in [4.78, 5) is 0. The zero-order chi connectivity index (χ0) is 56.4. The van der Waals surface area contributed by atoms with Crippen LogP contribution in [-0.2, 0) is 37.9 Å². The first-order chi connectivity index (χ1) is 36.1. The first-order valence-electron chi connectivity index (χ1n) is 28.3. The molecule has 9 fully saturated rings. The maximum Gasteiger partial charge on any atom is 0.187 e. The molecule has 9 rings (SSSR count). The Morgan fingerprint density at radius 3 is 1.65 bits per heavy atom. The fourth-order valence-electron chi connectivity index (χ4n) is 17.5. The topological polar surface area (TPSA) is 377 Å². The van der Waals surface area contributed by atoms with Gasteiger partial charge in [0.2, 0.25) is 0 Å². The molecule has 23 heteroatoms. The van der Waals surface area contributed by atoms with E-state index in [1.807, 2.05) is 13.8 Å². The zero-order valence-corrected chi connectivity index (χ0v) is 45.7. The van der Waals surface area contributed by atoms with Crippen molar-refractivity contribution in [3.63, 3.8) is 0 Å². The van der Waals surface area contributed by atoms with Crippen molar-refractivity contribution in [2.24, 2.45) is 56.7 Å². The molecular formula is C54H92O23. The van der Waals surface area contributed by atoms with Crippen LogP contribution >= 0.6 is 0 Å². The third-order valence-corrected chi connectivity index (χ3v) is 21.9. The second-order valence-electron chi connectivity index (χ2n) is 26.3. The van der Waals surface area contributed by atoms with E-state index in [1.165, 1.54) is 6.92 Å². The quantitative estimate of drug-likeness (QED) is 0.0710. The number of fused-ring (bicyclic) bond motifs is 2. The second-order valence-corrected chi connectivity index (χ2v) is 26.3. The summed E-state index contributed by atoms with van der Waals surface area (Å²) in [5.74, 6) is -0.0138. The molecular weight excluding hydrogens is 1020 g/mol. The molecule has 0 bridgehead atoms. The lowest BCUT2D eigenvalue weighted by Gasteiger charge is -2.64. The van der Waals surface area contributed by atoms with Gasteiger partial charge in [-0.15, -0.1) is 0 Å². The molecule has 5 aliphatic carbocycles. The zero-order valence-electron chi connectivity index (χ0n) is 45.7. The normalized spacial score (nSPS) is 55.2. The van der Waals surface area contributed by atoms with E-state index in [2.05, 4.69) is 34.6 Å². The van der Waals surface area contributed by atoms with Gasteiger partial charge in [-0.1, -0.05) is 48.5 Å². The predicted molar refractivity (Wildman–Crippen MR) is 264 cm³/mol. The highest BCUT2D eigenvalue weighted by atomic mass is 16.8. The van der Waals surface area contributed by atoms with Crippen LogP contribution in [0.4, 0.5) is 0 Å². The van der Waals surface area contributed by atoms with Gasteiger partial charge in [0.05, 0.1) is 50.3 Å². The molecule has 23 nitrogen and oxygen atoms in total. The van der Waals surface area contributed by atoms with Gasteiger partial charge in [-0.3, -0.25) is 0 Å². The Hall–Kier alpha value is -0.920. The summed E-state index contributed by atoms with van der Waals surface area (Å²) in [6.07, 6.45) is -27.1. The Morgan fingerprint density at radius 2 is 1.05 bits per heavy atom. The summed E-state index contributed by atoms with van der Waals surface area (Å²) in [6.45, 7) is 14.3. The number of ether oxygens (including phenoxy) is 8. The maximum atomic E-state index is 12.8. The number of aliphatic hydroxyl groups is 15. The molecule has 4 aliphatic heterocycles. The van der Waals surface area contributed by atoms with Crippen molar-refractivity contribution in [3.05, 3.63) is 0 Å². The fourth-order valence-corrected chi connectivity index (χ4v) is 17.5. The van der Waals surface area contributed by atoms with Crippen LogP contribution < -0.4 is 0 Å². The molecule has 0 radical (unpaired) electrons. The van der Waals surface area contributed by atoms with Gasteiger partial charge < -0.3 is 114 Å². The summed E-state index contributed by atoms with van der Waals surface area (Å²) in [5, 5.41) is 163. The lowest BCUT2D eigenvalue weighted by molar-refractivity contribution is -0.388. The summed E-state index contributed by atoms with van der Waals surface area (Å²) in [6, 6.07) is 0. The van der Waals surface area contributed by atoms with E-state index >= 15 is 0 Å². The molecule has 0 aromatic heterocycles. The molecule has 0 aromatic carbocycles. The highest BCUT2D eigenvalue weighted by Gasteiger charge is 2.84. The molecule has 0 aromatic rings. The van der Waals surface area contributed by atoms with Crippen molar-refractivity contribution in [2.45, 2.75) is 260 Å². The molecule has 15 N–H and O–H groups in total. The second kappa shape index (κ2) is 22.3. The van der Waals surface area contributed by atoms with Crippen molar-refractivity contribution < 1.29 is 114 Å². The molecule has 4 saturated heterocycles.